The molecule has 1 aliphatic rings. The first kappa shape index (κ1) is 14.2. The Bertz CT molecular complexity index is 300. The molecule has 0 aliphatic carbocycles. The zero-order valence-corrected chi connectivity index (χ0v) is 12.0. The standard InChI is InChI=1S/C11H24NO3P/c1-8-7-11(3,13)10(9(2)15-8)12(4)16(5,6)14/h8-10,13H,7H2,1-6H3. The third-order valence-corrected chi connectivity index (χ3v) is 5.16. The molecule has 0 aromatic rings. The van der Waals surface area contributed by atoms with Crippen molar-refractivity contribution in [3.63, 3.8) is 0 Å². The molecular formula is C11H24NO3P. The molecule has 0 aromatic heterocycles. The number of hydrogen-bond donors (Lipinski definition) is 1. The maximum absolute atomic E-state index is 12.1. The molecule has 4 atom stereocenters. The van der Waals surface area contributed by atoms with E-state index in [1.54, 1.807) is 32.0 Å². The molecule has 1 heterocycles. The largest absolute Gasteiger partial charge is 0.388 e. The van der Waals surface area contributed by atoms with Crippen molar-refractivity contribution >= 4 is 7.29 Å². The van der Waals surface area contributed by atoms with Crippen LogP contribution in [0.2, 0.25) is 0 Å². The van der Waals surface area contributed by atoms with Crippen molar-refractivity contribution in [1.29, 1.82) is 0 Å². The molecule has 1 N–H and O–H groups in total. The Morgan fingerprint density at radius 2 is 1.94 bits per heavy atom. The van der Waals surface area contributed by atoms with Gasteiger partial charge in [-0.1, -0.05) is 0 Å². The Hall–Kier alpha value is 0.110. The zero-order chi connectivity index (χ0) is 12.7. The van der Waals surface area contributed by atoms with E-state index in [0.29, 0.717) is 6.42 Å². The van der Waals surface area contributed by atoms with Crippen LogP contribution in [0.3, 0.4) is 0 Å². The minimum absolute atomic E-state index is 0.0442. The lowest BCUT2D eigenvalue weighted by atomic mass is 9.84. The molecule has 4 nitrogen and oxygen atoms in total. The van der Waals surface area contributed by atoms with Gasteiger partial charge in [-0.3, -0.25) is 0 Å². The summed E-state index contributed by atoms with van der Waals surface area (Å²) < 4.78 is 19.6. The van der Waals surface area contributed by atoms with E-state index in [9.17, 15) is 9.67 Å². The van der Waals surface area contributed by atoms with E-state index in [1.807, 2.05) is 13.8 Å². The molecule has 4 unspecified atom stereocenters. The Morgan fingerprint density at radius 1 is 1.44 bits per heavy atom. The summed E-state index contributed by atoms with van der Waals surface area (Å²) in [7, 11) is -0.568. The van der Waals surface area contributed by atoms with E-state index in [1.165, 1.54) is 0 Å². The van der Waals surface area contributed by atoms with Crippen LogP contribution in [0, 0.1) is 0 Å². The fourth-order valence-corrected chi connectivity index (χ4v) is 3.74. The average molecular weight is 249 g/mol. The van der Waals surface area contributed by atoms with Crippen LogP contribution in [-0.2, 0) is 9.30 Å². The van der Waals surface area contributed by atoms with Crippen LogP contribution in [0.15, 0.2) is 0 Å². The number of likely N-dealkylation sites (N-methyl/N-ethyl adjacent to an activating group) is 1. The average Bonchev–Trinajstić information content (AvgIpc) is 1.97. The number of rotatable bonds is 2. The number of hydrogen-bond acceptors (Lipinski definition) is 3. The number of ether oxygens (including phenoxy) is 1. The van der Waals surface area contributed by atoms with E-state index < -0.39 is 12.9 Å². The maximum atomic E-state index is 12.1. The Kier molecular flexibility index (Phi) is 3.91. The molecule has 1 fully saturated rings. The monoisotopic (exact) mass is 249 g/mol. The molecule has 0 bridgehead atoms. The highest BCUT2D eigenvalue weighted by Crippen LogP contribution is 2.46. The van der Waals surface area contributed by atoms with Gasteiger partial charge in [-0.05, 0) is 27.8 Å². The summed E-state index contributed by atoms with van der Waals surface area (Å²) in [6, 6.07) is -0.218. The van der Waals surface area contributed by atoms with Crippen molar-refractivity contribution < 1.29 is 14.4 Å². The summed E-state index contributed by atoms with van der Waals surface area (Å²) in [6.45, 7) is 9.13. The highest BCUT2D eigenvalue weighted by atomic mass is 31.2. The van der Waals surface area contributed by atoms with E-state index in [0.717, 1.165) is 0 Å². The van der Waals surface area contributed by atoms with Gasteiger partial charge in [-0.2, -0.15) is 0 Å². The number of aliphatic hydroxyl groups is 1. The van der Waals surface area contributed by atoms with Crippen LogP contribution in [0.1, 0.15) is 27.2 Å². The minimum Gasteiger partial charge on any atom is -0.388 e. The molecule has 1 aliphatic heterocycles. The lowest BCUT2D eigenvalue weighted by Crippen LogP contribution is -2.60. The molecule has 0 radical (unpaired) electrons. The molecule has 0 spiro atoms. The summed E-state index contributed by atoms with van der Waals surface area (Å²) in [5, 5.41) is 10.5. The molecule has 1 rings (SSSR count). The second-order valence-corrected chi connectivity index (χ2v) is 8.74. The summed E-state index contributed by atoms with van der Waals surface area (Å²) in [5.41, 5.74) is -0.854. The van der Waals surface area contributed by atoms with Crippen molar-refractivity contribution in [3.05, 3.63) is 0 Å². The molecule has 96 valence electrons. The minimum atomic E-state index is -2.37. The van der Waals surface area contributed by atoms with Crippen molar-refractivity contribution in [2.24, 2.45) is 0 Å². The summed E-state index contributed by atoms with van der Waals surface area (Å²) >= 11 is 0. The highest BCUT2D eigenvalue weighted by molar-refractivity contribution is 7.59. The van der Waals surface area contributed by atoms with Crippen LogP contribution < -0.4 is 0 Å². The van der Waals surface area contributed by atoms with E-state index >= 15 is 0 Å². The number of nitrogens with zero attached hydrogens (tertiary/aromatic N) is 1. The molecule has 16 heavy (non-hydrogen) atoms. The fourth-order valence-electron chi connectivity index (χ4n) is 2.70. The first-order valence-corrected chi connectivity index (χ1v) is 8.27. The van der Waals surface area contributed by atoms with Gasteiger partial charge in [0.1, 0.15) is 7.29 Å². The summed E-state index contributed by atoms with van der Waals surface area (Å²) in [4.78, 5) is 0. The van der Waals surface area contributed by atoms with Gasteiger partial charge in [0.2, 0.25) is 0 Å². The van der Waals surface area contributed by atoms with Crippen molar-refractivity contribution in [3.8, 4) is 0 Å². The van der Waals surface area contributed by atoms with Gasteiger partial charge in [-0.15, -0.1) is 0 Å². The Balaban J connectivity index is 2.97. The van der Waals surface area contributed by atoms with Gasteiger partial charge < -0.3 is 14.4 Å². The first-order valence-electron chi connectivity index (χ1n) is 5.72. The van der Waals surface area contributed by atoms with Gasteiger partial charge in [-0.25, -0.2) is 4.67 Å². The highest BCUT2D eigenvalue weighted by Gasteiger charge is 2.47. The first-order chi connectivity index (χ1) is 7.05. The van der Waals surface area contributed by atoms with Gasteiger partial charge in [0.15, 0.2) is 0 Å². The van der Waals surface area contributed by atoms with Gasteiger partial charge >= 0.3 is 0 Å². The van der Waals surface area contributed by atoms with E-state index in [2.05, 4.69) is 0 Å². The molecule has 1 saturated heterocycles. The topological polar surface area (TPSA) is 49.8 Å². The second-order valence-electron chi connectivity index (χ2n) is 5.53. The van der Waals surface area contributed by atoms with Crippen molar-refractivity contribution in [2.75, 3.05) is 20.4 Å². The SMILES string of the molecule is CC1CC(C)(O)C(N(C)P(C)(C)=O)C(C)O1. The predicted octanol–water partition coefficient (Wildman–Crippen LogP) is 1.77. The van der Waals surface area contributed by atoms with Crippen LogP contribution in [-0.4, -0.2) is 54.0 Å². The third kappa shape index (κ3) is 2.86. The molecular weight excluding hydrogens is 225 g/mol. The van der Waals surface area contributed by atoms with Crippen LogP contribution in [0.25, 0.3) is 0 Å². The fraction of sp³-hybridized carbons (Fsp3) is 1.00. The lowest BCUT2D eigenvalue weighted by molar-refractivity contribution is -0.161. The summed E-state index contributed by atoms with van der Waals surface area (Å²) in [5.74, 6) is 0. The van der Waals surface area contributed by atoms with Gasteiger partial charge in [0.25, 0.3) is 0 Å². The smallest absolute Gasteiger partial charge is 0.144 e. The van der Waals surface area contributed by atoms with Crippen molar-refractivity contribution in [2.45, 2.75) is 51.0 Å². The Labute approximate surface area is 98.4 Å². The Morgan fingerprint density at radius 3 is 2.31 bits per heavy atom. The molecule has 0 saturated carbocycles. The zero-order valence-electron chi connectivity index (χ0n) is 11.1. The third-order valence-electron chi connectivity index (χ3n) is 3.39. The van der Waals surface area contributed by atoms with E-state index in [-0.39, 0.29) is 18.2 Å². The summed E-state index contributed by atoms with van der Waals surface area (Å²) in [6.07, 6.45) is 0.506. The van der Waals surface area contributed by atoms with Crippen LogP contribution in [0.5, 0.6) is 0 Å². The van der Waals surface area contributed by atoms with Crippen molar-refractivity contribution in [1.82, 2.24) is 4.67 Å². The predicted molar refractivity (Wildman–Crippen MR) is 66.3 cm³/mol. The quantitative estimate of drug-likeness (QED) is 0.758. The lowest BCUT2D eigenvalue weighted by Gasteiger charge is -2.48. The second kappa shape index (κ2) is 4.41. The van der Waals surface area contributed by atoms with Gasteiger partial charge in [0, 0.05) is 19.8 Å². The molecule has 0 aromatic carbocycles. The molecule has 5 heteroatoms. The molecule has 0 amide bonds. The maximum Gasteiger partial charge on any atom is 0.144 e. The van der Waals surface area contributed by atoms with Gasteiger partial charge in [0.05, 0.1) is 23.9 Å². The van der Waals surface area contributed by atoms with Crippen LogP contribution in [0.4, 0.5) is 0 Å². The normalized spacial score (nSPS) is 41.4. The van der Waals surface area contributed by atoms with E-state index in [4.69, 9.17) is 4.74 Å². The van der Waals surface area contributed by atoms with Crippen LogP contribution >= 0.6 is 7.29 Å².